The van der Waals surface area contributed by atoms with E-state index < -0.39 is 0 Å². The summed E-state index contributed by atoms with van der Waals surface area (Å²) in [6.07, 6.45) is 4.41. The molecule has 5 rings (SSSR count). The van der Waals surface area contributed by atoms with Crippen molar-refractivity contribution in [3.8, 4) is 0 Å². The number of aromatic nitrogens is 4. The molecule has 1 aliphatic heterocycles. The van der Waals surface area contributed by atoms with Crippen molar-refractivity contribution in [2.75, 3.05) is 23.4 Å². The van der Waals surface area contributed by atoms with E-state index in [9.17, 15) is 4.39 Å². The lowest BCUT2D eigenvalue weighted by Crippen LogP contribution is -2.58. The van der Waals surface area contributed by atoms with Crippen LogP contribution in [0.2, 0.25) is 0 Å². The Balaban J connectivity index is 1.45. The molecule has 0 amide bonds. The number of benzene rings is 1. The van der Waals surface area contributed by atoms with Gasteiger partial charge in [-0.15, -0.1) is 0 Å². The van der Waals surface area contributed by atoms with Gasteiger partial charge in [0.2, 0.25) is 5.95 Å². The van der Waals surface area contributed by atoms with Crippen molar-refractivity contribution < 1.29 is 4.39 Å². The van der Waals surface area contributed by atoms with E-state index in [1.807, 2.05) is 18.5 Å². The third-order valence-corrected chi connectivity index (χ3v) is 7.23. The predicted molar refractivity (Wildman–Crippen MR) is 133 cm³/mol. The summed E-state index contributed by atoms with van der Waals surface area (Å²) in [6, 6.07) is 7.64. The largest absolute Gasteiger partial charge is 0.349 e. The number of nitrogens with one attached hydrogen (secondary N) is 1. The van der Waals surface area contributed by atoms with Gasteiger partial charge in [-0.2, -0.15) is 9.97 Å². The molecular formula is C25H35FN8. The highest BCUT2D eigenvalue weighted by Gasteiger charge is 2.37. The molecule has 2 fully saturated rings. The Labute approximate surface area is 200 Å². The number of nitrogen functional groups attached to an aromatic ring is 1. The highest BCUT2D eigenvalue weighted by molar-refractivity contribution is 5.85. The van der Waals surface area contributed by atoms with E-state index in [1.165, 1.54) is 12.8 Å². The van der Waals surface area contributed by atoms with Gasteiger partial charge in [0, 0.05) is 37.8 Å². The Hall–Kier alpha value is -2.78. The van der Waals surface area contributed by atoms with Crippen LogP contribution in [0.5, 0.6) is 0 Å². The minimum atomic E-state index is -0.198. The van der Waals surface area contributed by atoms with Gasteiger partial charge in [0.25, 0.3) is 0 Å². The molecule has 3 aromatic rings. The number of nitrogens with two attached hydrogens (primary N) is 1. The highest BCUT2D eigenvalue weighted by Crippen LogP contribution is 2.36. The summed E-state index contributed by atoms with van der Waals surface area (Å²) in [7, 11) is 0. The van der Waals surface area contributed by atoms with Crippen LogP contribution in [0.25, 0.3) is 11.2 Å². The number of halogens is 1. The van der Waals surface area contributed by atoms with Crippen LogP contribution in [0.3, 0.4) is 0 Å². The van der Waals surface area contributed by atoms with E-state index in [0.29, 0.717) is 17.8 Å². The number of imidazole rings is 1. The van der Waals surface area contributed by atoms with Gasteiger partial charge in [0.05, 0.1) is 6.33 Å². The second-order valence-corrected chi connectivity index (χ2v) is 10.3. The molecule has 2 aliphatic rings. The first-order valence-corrected chi connectivity index (χ1v) is 12.3. The van der Waals surface area contributed by atoms with Crippen molar-refractivity contribution in [2.24, 2.45) is 17.7 Å². The molecule has 1 aliphatic carbocycles. The molecule has 8 nitrogen and oxygen atoms in total. The lowest BCUT2D eigenvalue weighted by atomic mass is 9.91. The molecule has 3 atom stereocenters. The van der Waals surface area contributed by atoms with E-state index >= 15 is 0 Å². The molecule has 1 unspecified atom stereocenters. The van der Waals surface area contributed by atoms with Crippen LogP contribution in [0, 0.1) is 17.7 Å². The Morgan fingerprint density at radius 1 is 1.09 bits per heavy atom. The van der Waals surface area contributed by atoms with Crippen LogP contribution in [0.15, 0.2) is 30.6 Å². The maximum absolute atomic E-state index is 13.6. The molecular weight excluding hydrogens is 431 g/mol. The van der Waals surface area contributed by atoms with Gasteiger partial charge in [-0.05, 0) is 56.2 Å². The predicted octanol–water partition coefficient (Wildman–Crippen LogP) is 3.96. The number of hydrogen-bond donors (Lipinski definition) is 2. The lowest BCUT2D eigenvalue weighted by molar-refractivity contribution is 0.0821. The zero-order valence-electron chi connectivity index (χ0n) is 20.4. The van der Waals surface area contributed by atoms with Crippen LogP contribution < -0.4 is 16.2 Å². The number of hydrogen-bond acceptors (Lipinski definition) is 7. The Morgan fingerprint density at radius 3 is 2.47 bits per heavy atom. The van der Waals surface area contributed by atoms with Crippen LogP contribution in [0.4, 0.5) is 16.2 Å². The molecule has 182 valence electrons. The second-order valence-electron chi connectivity index (χ2n) is 10.3. The number of nitrogens with zero attached hydrogens (tertiary/aromatic N) is 6. The molecule has 9 heteroatoms. The van der Waals surface area contributed by atoms with E-state index in [2.05, 4.69) is 52.5 Å². The fourth-order valence-electron chi connectivity index (χ4n) is 5.36. The van der Waals surface area contributed by atoms with Gasteiger partial charge in [-0.3, -0.25) is 10.3 Å². The van der Waals surface area contributed by atoms with Crippen LogP contribution in [0.1, 0.15) is 52.1 Å². The summed E-state index contributed by atoms with van der Waals surface area (Å²) in [4.78, 5) is 19.0. The number of hydrazine groups is 1. The molecule has 3 N–H and O–H groups in total. The van der Waals surface area contributed by atoms with E-state index in [-0.39, 0.29) is 23.9 Å². The van der Waals surface area contributed by atoms with Gasteiger partial charge >= 0.3 is 0 Å². The molecule has 1 saturated heterocycles. The summed E-state index contributed by atoms with van der Waals surface area (Å²) < 4.78 is 15.7. The fourth-order valence-corrected chi connectivity index (χ4v) is 5.36. The van der Waals surface area contributed by atoms with E-state index in [0.717, 1.165) is 42.2 Å². The minimum Gasteiger partial charge on any atom is -0.349 e. The third-order valence-electron chi connectivity index (χ3n) is 7.23. The summed E-state index contributed by atoms with van der Waals surface area (Å²) in [5.41, 5.74) is 5.46. The molecule has 3 heterocycles. The van der Waals surface area contributed by atoms with Crippen molar-refractivity contribution in [1.29, 1.82) is 0 Å². The van der Waals surface area contributed by atoms with Crippen molar-refractivity contribution in [3.63, 3.8) is 0 Å². The summed E-state index contributed by atoms with van der Waals surface area (Å²) in [5, 5.41) is 0. The number of piperazine rings is 1. The van der Waals surface area contributed by atoms with E-state index in [4.69, 9.17) is 15.8 Å². The monoisotopic (exact) mass is 466 g/mol. The molecule has 2 aromatic heterocycles. The number of fused-ring (bicyclic) bond motifs is 1. The zero-order valence-corrected chi connectivity index (χ0v) is 20.4. The smallest absolute Gasteiger partial charge is 0.241 e. The average molecular weight is 467 g/mol. The van der Waals surface area contributed by atoms with Gasteiger partial charge in [0.15, 0.2) is 17.0 Å². The van der Waals surface area contributed by atoms with Crippen molar-refractivity contribution in [2.45, 2.75) is 65.2 Å². The van der Waals surface area contributed by atoms with Gasteiger partial charge in [0.1, 0.15) is 5.82 Å². The van der Waals surface area contributed by atoms with Gasteiger partial charge in [-0.25, -0.2) is 15.2 Å². The third kappa shape index (κ3) is 4.34. The SMILES string of the molecule is CC(C)C(c1ccc(F)cc1)N1C[C@H](C)N(c2nc(NN)nc3c2ncn3CC2CC2)C[C@H]1C. The number of rotatable bonds is 7. The van der Waals surface area contributed by atoms with Gasteiger partial charge in [-0.1, -0.05) is 26.0 Å². The standard InChI is InChI=1S/C25H35FN8/c1-15(2)22(19-7-9-20(26)10-8-19)33-11-17(4)34(12-16(33)3)24-21-23(29-25(30-24)31-27)32(14-28-21)13-18-5-6-18/h7-10,14-18,22H,5-6,11-13,27H2,1-4H3,(H,29,30,31)/t16-,17+,22?/m1/s1. The molecule has 0 spiro atoms. The molecule has 1 aromatic carbocycles. The normalized spacial score (nSPS) is 22.5. The van der Waals surface area contributed by atoms with Crippen LogP contribution in [-0.4, -0.2) is 49.6 Å². The maximum Gasteiger partial charge on any atom is 0.241 e. The van der Waals surface area contributed by atoms with Crippen molar-refractivity contribution in [1.82, 2.24) is 24.4 Å². The first-order valence-electron chi connectivity index (χ1n) is 12.3. The fraction of sp³-hybridized carbons (Fsp3) is 0.560. The molecule has 1 saturated carbocycles. The lowest BCUT2D eigenvalue weighted by Gasteiger charge is -2.49. The number of anilines is 2. The molecule has 0 radical (unpaired) electrons. The summed E-state index contributed by atoms with van der Waals surface area (Å²) >= 11 is 0. The Kier molecular flexibility index (Phi) is 6.16. The second kappa shape index (κ2) is 9.11. The topological polar surface area (TPSA) is 88.1 Å². The molecule has 34 heavy (non-hydrogen) atoms. The summed E-state index contributed by atoms with van der Waals surface area (Å²) in [6.45, 7) is 11.5. The maximum atomic E-state index is 13.6. The Morgan fingerprint density at radius 2 is 1.82 bits per heavy atom. The van der Waals surface area contributed by atoms with Crippen molar-refractivity contribution in [3.05, 3.63) is 42.0 Å². The summed E-state index contributed by atoms with van der Waals surface area (Å²) in [5.74, 6) is 7.89. The van der Waals surface area contributed by atoms with Crippen LogP contribution in [-0.2, 0) is 6.54 Å². The quantitative estimate of drug-likeness (QED) is 0.403. The van der Waals surface area contributed by atoms with Crippen molar-refractivity contribution >= 4 is 22.9 Å². The molecule has 0 bridgehead atoms. The minimum absolute atomic E-state index is 0.198. The Bertz CT molecular complexity index is 1140. The van der Waals surface area contributed by atoms with E-state index in [1.54, 1.807) is 12.1 Å². The first-order chi connectivity index (χ1) is 16.4. The average Bonchev–Trinajstić information content (AvgIpc) is 3.55. The zero-order chi connectivity index (χ0) is 24.0. The first kappa shape index (κ1) is 23.0. The van der Waals surface area contributed by atoms with Crippen LogP contribution >= 0.6 is 0 Å². The highest BCUT2D eigenvalue weighted by atomic mass is 19.1. The van der Waals surface area contributed by atoms with Gasteiger partial charge < -0.3 is 9.47 Å².